The summed E-state index contributed by atoms with van der Waals surface area (Å²) in [7, 11) is -0.830. The molecule has 3 aromatic rings. The molecule has 0 saturated heterocycles. The van der Waals surface area contributed by atoms with Gasteiger partial charge in [-0.15, -0.1) is 0 Å². The van der Waals surface area contributed by atoms with Crippen molar-refractivity contribution in [3.05, 3.63) is 107 Å². The minimum Gasteiger partial charge on any atom is -0.207 e. The van der Waals surface area contributed by atoms with Gasteiger partial charge < -0.3 is 0 Å². The van der Waals surface area contributed by atoms with Crippen LogP contribution in [0.4, 0.5) is 4.39 Å². The van der Waals surface area contributed by atoms with Crippen molar-refractivity contribution in [3.8, 4) is 0 Å². The number of benzene rings is 3. The fourth-order valence-electron chi connectivity index (χ4n) is 3.64. The van der Waals surface area contributed by atoms with E-state index < -0.39 is 7.92 Å². The Bertz CT molecular complexity index is 977. The fraction of sp³-hybridized carbons (Fsp3) is 0.120. The van der Waals surface area contributed by atoms with E-state index in [-0.39, 0.29) is 5.82 Å². The van der Waals surface area contributed by atoms with Gasteiger partial charge in [-0.05, 0) is 72.9 Å². The van der Waals surface area contributed by atoms with Gasteiger partial charge in [0, 0.05) is 0 Å². The number of hydrogen-bond acceptors (Lipinski definition) is 0. The normalized spacial score (nSPS) is 14.0. The summed E-state index contributed by atoms with van der Waals surface area (Å²) in [5.74, 6) is -0.172. The minimum atomic E-state index is -0.830. The molecule has 0 heterocycles. The summed E-state index contributed by atoms with van der Waals surface area (Å²) in [6.45, 7) is 4.33. The summed E-state index contributed by atoms with van der Waals surface area (Å²) in [5.41, 5.74) is 5.14. The first-order chi connectivity index (χ1) is 13.1. The predicted octanol–water partition coefficient (Wildman–Crippen LogP) is 5.71. The first-order valence-electron chi connectivity index (χ1n) is 9.22. The summed E-state index contributed by atoms with van der Waals surface area (Å²) in [6, 6.07) is 26.3. The van der Waals surface area contributed by atoms with E-state index in [0.29, 0.717) is 0 Å². The molecule has 0 atom stereocenters. The van der Waals surface area contributed by atoms with E-state index in [9.17, 15) is 4.39 Å². The second-order valence-corrected chi connectivity index (χ2v) is 9.05. The molecule has 134 valence electrons. The third-order valence-corrected chi connectivity index (χ3v) is 7.69. The van der Waals surface area contributed by atoms with Gasteiger partial charge in [0.2, 0.25) is 0 Å². The summed E-state index contributed by atoms with van der Waals surface area (Å²) in [6.07, 6.45) is 3.19. The highest BCUT2D eigenvalue weighted by molar-refractivity contribution is 7.80. The molecule has 0 bridgehead atoms. The van der Waals surface area contributed by atoms with Crippen LogP contribution in [0.25, 0.3) is 5.57 Å². The molecule has 0 spiro atoms. The minimum absolute atomic E-state index is 0.172. The van der Waals surface area contributed by atoms with Crippen LogP contribution in [-0.2, 0) is 0 Å². The lowest BCUT2D eigenvalue weighted by Crippen LogP contribution is -2.23. The third-order valence-electron chi connectivity index (χ3n) is 5.21. The average molecular weight is 372 g/mol. The second-order valence-electron chi connectivity index (χ2n) is 6.86. The second kappa shape index (κ2) is 7.62. The molecule has 0 aliphatic heterocycles. The molecule has 1 aliphatic carbocycles. The van der Waals surface area contributed by atoms with Gasteiger partial charge in [-0.1, -0.05) is 78.4 Å². The summed E-state index contributed by atoms with van der Waals surface area (Å²) in [5, 5.41) is 3.58. The Balaban J connectivity index is 1.95. The molecule has 2 heteroatoms. The van der Waals surface area contributed by atoms with E-state index in [1.165, 1.54) is 32.9 Å². The molecule has 0 unspecified atom stereocenters. The Kier molecular flexibility index (Phi) is 5.05. The zero-order chi connectivity index (χ0) is 18.8. The third kappa shape index (κ3) is 3.53. The van der Waals surface area contributed by atoms with E-state index in [1.54, 1.807) is 12.1 Å². The van der Waals surface area contributed by atoms with Crippen molar-refractivity contribution in [3.63, 3.8) is 0 Å². The Labute approximate surface area is 161 Å². The van der Waals surface area contributed by atoms with E-state index in [4.69, 9.17) is 0 Å². The fourth-order valence-corrected chi connectivity index (χ4v) is 6.14. The average Bonchev–Trinajstić information content (AvgIpc) is 3.03. The van der Waals surface area contributed by atoms with Crippen LogP contribution >= 0.6 is 7.92 Å². The van der Waals surface area contributed by atoms with Crippen molar-refractivity contribution in [2.24, 2.45) is 0 Å². The maximum atomic E-state index is 14.4. The first-order valence-corrected chi connectivity index (χ1v) is 10.6. The summed E-state index contributed by atoms with van der Waals surface area (Å²) in [4.78, 5) is 0. The molecule has 0 saturated carbocycles. The van der Waals surface area contributed by atoms with Crippen LogP contribution in [-0.4, -0.2) is 0 Å². The molecule has 0 fully saturated rings. The van der Waals surface area contributed by atoms with Gasteiger partial charge in [-0.3, -0.25) is 0 Å². The van der Waals surface area contributed by atoms with Crippen molar-refractivity contribution in [2.75, 3.05) is 0 Å². The molecule has 0 N–H and O–H groups in total. The van der Waals surface area contributed by atoms with Crippen molar-refractivity contribution >= 4 is 29.4 Å². The number of rotatable bonds is 4. The van der Waals surface area contributed by atoms with Gasteiger partial charge in [-0.2, -0.15) is 0 Å². The summed E-state index contributed by atoms with van der Waals surface area (Å²) < 4.78 is 14.4. The highest BCUT2D eigenvalue weighted by atomic mass is 31.1. The molecule has 0 nitrogen and oxygen atoms in total. The zero-order valence-corrected chi connectivity index (χ0v) is 16.5. The van der Waals surface area contributed by atoms with Crippen LogP contribution < -0.4 is 15.9 Å². The first kappa shape index (κ1) is 17.9. The molecule has 4 rings (SSSR count). The Morgan fingerprint density at radius 3 is 1.89 bits per heavy atom. The topological polar surface area (TPSA) is 0 Å². The van der Waals surface area contributed by atoms with Gasteiger partial charge in [0.05, 0.1) is 0 Å². The van der Waals surface area contributed by atoms with Crippen LogP contribution in [0.3, 0.4) is 0 Å². The molecule has 0 radical (unpaired) electrons. The smallest absolute Gasteiger partial charge is 0.123 e. The Morgan fingerprint density at radius 2 is 1.37 bits per heavy atom. The van der Waals surface area contributed by atoms with Gasteiger partial charge >= 0.3 is 0 Å². The molecule has 0 amide bonds. The molecule has 0 aromatic heterocycles. The zero-order valence-electron chi connectivity index (χ0n) is 15.6. The SMILES string of the molecule is CC1=CCC(c2ccc(F)cc2P(c2ccccc2)c2ccccc2)=C1C. The van der Waals surface area contributed by atoms with E-state index >= 15 is 0 Å². The number of allylic oxidation sites excluding steroid dienone is 4. The lowest BCUT2D eigenvalue weighted by atomic mass is 10.0. The van der Waals surface area contributed by atoms with Crippen LogP contribution in [0.15, 0.2) is 96.1 Å². The monoisotopic (exact) mass is 372 g/mol. The highest BCUT2D eigenvalue weighted by Gasteiger charge is 2.23. The molecule has 1 aliphatic rings. The van der Waals surface area contributed by atoms with Crippen molar-refractivity contribution in [1.82, 2.24) is 0 Å². The van der Waals surface area contributed by atoms with Gasteiger partial charge in [0.15, 0.2) is 0 Å². The molecule has 27 heavy (non-hydrogen) atoms. The summed E-state index contributed by atoms with van der Waals surface area (Å²) >= 11 is 0. The van der Waals surface area contributed by atoms with E-state index in [0.717, 1.165) is 11.7 Å². The lowest BCUT2D eigenvalue weighted by Gasteiger charge is -2.23. The maximum Gasteiger partial charge on any atom is 0.123 e. The lowest BCUT2D eigenvalue weighted by molar-refractivity contribution is 0.629. The van der Waals surface area contributed by atoms with E-state index in [1.807, 2.05) is 18.2 Å². The quantitative estimate of drug-likeness (QED) is 0.515. The Morgan fingerprint density at radius 1 is 0.778 bits per heavy atom. The van der Waals surface area contributed by atoms with Crippen LogP contribution in [0.1, 0.15) is 25.8 Å². The largest absolute Gasteiger partial charge is 0.207 e. The van der Waals surface area contributed by atoms with Gasteiger partial charge in [0.1, 0.15) is 5.82 Å². The van der Waals surface area contributed by atoms with Gasteiger partial charge in [0.25, 0.3) is 0 Å². The van der Waals surface area contributed by atoms with Crippen LogP contribution in [0, 0.1) is 5.82 Å². The molecular weight excluding hydrogens is 350 g/mol. The Hall–Kier alpha value is -2.50. The maximum absolute atomic E-state index is 14.4. The van der Waals surface area contributed by atoms with Crippen LogP contribution in [0.2, 0.25) is 0 Å². The van der Waals surface area contributed by atoms with Gasteiger partial charge in [-0.25, -0.2) is 4.39 Å². The standard InChI is InChI=1S/C25H22FP/c1-18-13-15-23(19(18)2)24-16-14-20(26)17-25(24)27(21-9-5-3-6-10-21)22-11-7-4-8-12-22/h3-14,16-17H,15H2,1-2H3. The number of halogens is 1. The van der Waals surface area contributed by atoms with Crippen molar-refractivity contribution < 1.29 is 4.39 Å². The molecule has 3 aromatic carbocycles. The van der Waals surface area contributed by atoms with Crippen molar-refractivity contribution in [1.29, 1.82) is 0 Å². The van der Waals surface area contributed by atoms with E-state index in [2.05, 4.69) is 68.5 Å². The highest BCUT2D eigenvalue weighted by Crippen LogP contribution is 2.40. The predicted molar refractivity (Wildman–Crippen MR) is 116 cm³/mol. The number of hydrogen-bond donors (Lipinski definition) is 0. The molecular formula is C25H22FP. The van der Waals surface area contributed by atoms with Crippen molar-refractivity contribution in [2.45, 2.75) is 20.3 Å². The van der Waals surface area contributed by atoms with Crippen LogP contribution in [0.5, 0.6) is 0 Å².